The van der Waals surface area contributed by atoms with E-state index in [1.165, 1.54) is 4.90 Å². The van der Waals surface area contributed by atoms with Crippen LogP contribution in [0.1, 0.15) is 18.5 Å². The number of piperidine rings is 1. The molecule has 8 heteroatoms. The molecule has 1 aromatic heterocycles. The monoisotopic (exact) mass is 343 g/mol. The van der Waals surface area contributed by atoms with E-state index in [1.54, 1.807) is 18.1 Å². The first-order chi connectivity index (χ1) is 12.1. The Morgan fingerprint density at radius 3 is 2.76 bits per heavy atom. The molecule has 2 aliphatic rings. The molecule has 2 aliphatic heterocycles. The molecule has 2 saturated heterocycles. The smallest absolute Gasteiger partial charge is 0.327 e. The molecule has 0 atom stereocenters. The number of pyridine rings is 1. The number of rotatable bonds is 5. The maximum absolute atomic E-state index is 12.5. The van der Waals surface area contributed by atoms with Crippen LogP contribution in [-0.4, -0.2) is 72.7 Å². The molecule has 25 heavy (non-hydrogen) atoms. The average molecular weight is 343 g/mol. The van der Waals surface area contributed by atoms with Gasteiger partial charge in [-0.15, -0.1) is 0 Å². The van der Waals surface area contributed by atoms with E-state index in [1.807, 2.05) is 18.2 Å². The Hall–Kier alpha value is -2.66. The molecule has 3 amide bonds. The Bertz CT molecular complexity index is 694. The van der Waals surface area contributed by atoms with Crippen molar-refractivity contribution in [3.8, 4) is 6.07 Å². The van der Waals surface area contributed by atoms with Crippen LogP contribution in [0, 0.1) is 11.3 Å². The molecular formula is C17H21N5O3. The Morgan fingerprint density at radius 1 is 1.32 bits per heavy atom. The van der Waals surface area contributed by atoms with Crippen LogP contribution in [0.2, 0.25) is 0 Å². The molecule has 0 bridgehead atoms. The summed E-state index contributed by atoms with van der Waals surface area (Å²) in [7, 11) is 1.55. The largest absolute Gasteiger partial charge is 0.383 e. The fraction of sp³-hybridized carbons (Fsp3) is 0.529. The van der Waals surface area contributed by atoms with Crippen molar-refractivity contribution in [3.05, 3.63) is 23.9 Å². The highest BCUT2D eigenvalue weighted by Crippen LogP contribution is 2.24. The molecule has 0 unspecified atom stereocenters. The summed E-state index contributed by atoms with van der Waals surface area (Å²) in [6.45, 7) is 2.28. The molecular weight excluding hydrogens is 322 g/mol. The molecule has 0 spiro atoms. The number of aromatic nitrogens is 1. The second kappa shape index (κ2) is 7.49. The molecule has 0 N–H and O–H groups in total. The molecule has 3 heterocycles. The van der Waals surface area contributed by atoms with Gasteiger partial charge in [0, 0.05) is 26.2 Å². The van der Waals surface area contributed by atoms with Crippen molar-refractivity contribution >= 4 is 17.8 Å². The summed E-state index contributed by atoms with van der Waals surface area (Å²) >= 11 is 0. The molecule has 0 radical (unpaired) electrons. The summed E-state index contributed by atoms with van der Waals surface area (Å²) in [6.07, 6.45) is 1.55. The zero-order valence-electron chi connectivity index (χ0n) is 14.2. The van der Waals surface area contributed by atoms with E-state index in [9.17, 15) is 9.59 Å². The zero-order valence-corrected chi connectivity index (χ0v) is 14.2. The van der Waals surface area contributed by atoms with Gasteiger partial charge in [-0.3, -0.25) is 9.69 Å². The number of amides is 3. The fourth-order valence-electron chi connectivity index (χ4n) is 3.32. The summed E-state index contributed by atoms with van der Waals surface area (Å²) in [4.78, 5) is 33.9. The van der Waals surface area contributed by atoms with Crippen LogP contribution in [0.3, 0.4) is 0 Å². The topological polar surface area (TPSA) is 89.8 Å². The Labute approximate surface area is 146 Å². The predicted octanol–water partition coefficient (Wildman–Crippen LogP) is 0.833. The number of carbonyl (C=O) groups is 2. The number of hydrogen-bond acceptors (Lipinski definition) is 6. The van der Waals surface area contributed by atoms with Crippen molar-refractivity contribution in [2.75, 3.05) is 44.8 Å². The highest BCUT2D eigenvalue weighted by Gasteiger charge is 2.40. The summed E-state index contributed by atoms with van der Waals surface area (Å²) < 4.78 is 4.96. The lowest BCUT2D eigenvalue weighted by atomic mass is 10.0. The molecule has 0 saturated carbocycles. The minimum absolute atomic E-state index is 0.0550. The van der Waals surface area contributed by atoms with E-state index < -0.39 is 0 Å². The fourth-order valence-corrected chi connectivity index (χ4v) is 3.32. The van der Waals surface area contributed by atoms with Crippen LogP contribution in [-0.2, 0) is 9.53 Å². The predicted molar refractivity (Wildman–Crippen MR) is 89.9 cm³/mol. The summed E-state index contributed by atoms with van der Waals surface area (Å²) in [5.74, 6) is 0.621. The van der Waals surface area contributed by atoms with Crippen molar-refractivity contribution in [1.82, 2.24) is 14.8 Å². The van der Waals surface area contributed by atoms with Crippen LogP contribution in [0.25, 0.3) is 0 Å². The molecule has 0 aromatic carbocycles. The second-order valence-corrected chi connectivity index (χ2v) is 6.16. The van der Waals surface area contributed by atoms with Crippen molar-refractivity contribution in [1.29, 1.82) is 5.26 Å². The van der Waals surface area contributed by atoms with Gasteiger partial charge in [0.1, 0.15) is 24.1 Å². The van der Waals surface area contributed by atoms with Crippen LogP contribution in [0.4, 0.5) is 10.6 Å². The lowest BCUT2D eigenvalue weighted by Gasteiger charge is -2.36. The number of nitriles is 1. The quantitative estimate of drug-likeness (QED) is 0.736. The van der Waals surface area contributed by atoms with Gasteiger partial charge in [0.25, 0.3) is 0 Å². The Balaban J connectivity index is 1.60. The van der Waals surface area contributed by atoms with Gasteiger partial charge in [-0.05, 0) is 25.0 Å². The maximum Gasteiger partial charge on any atom is 0.327 e. The minimum atomic E-state index is -0.217. The van der Waals surface area contributed by atoms with Gasteiger partial charge in [0.05, 0.1) is 13.2 Å². The normalized spacial score (nSPS) is 18.8. The molecule has 8 nitrogen and oxygen atoms in total. The van der Waals surface area contributed by atoms with Crippen molar-refractivity contribution in [2.24, 2.45) is 0 Å². The third-order valence-corrected chi connectivity index (χ3v) is 4.68. The third kappa shape index (κ3) is 3.56. The zero-order chi connectivity index (χ0) is 17.8. The van der Waals surface area contributed by atoms with Crippen LogP contribution in [0.5, 0.6) is 0 Å². The molecule has 1 aromatic rings. The number of anilines is 1. The maximum atomic E-state index is 12.5. The van der Waals surface area contributed by atoms with Crippen LogP contribution in [0.15, 0.2) is 18.2 Å². The van der Waals surface area contributed by atoms with Gasteiger partial charge < -0.3 is 14.5 Å². The Kier molecular flexibility index (Phi) is 5.14. The third-order valence-electron chi connectivity index (χ3n) is 4.68. The van der Waals surface area contributed by atoms with Crippen LogP contribution < -0.4 is 4.90 Å². The van der Waals surface area contributed by atoms with Gasteiger partial charge in [0.15, 0.2) is 0 Å². The molecule has 2 fully saturated rings. The van der Waals surface area contributed by atoms with E-state index in [0.29, 0.717) is 18.8 Å². The van der Waals surface area contributed by atoms with Gasteiger partial charge in [0.2, 0.25) is 5.91 Å². The van der Waals surface area contributed by atoms with E-state index in [0.717, 1.165) is 31.7 Å². The van der Waals surface area contributed by atoms with Crippen molar-refractivity contribution in [2.45, 2.75) is 18.9 Å². The first-order valence-corrected chi connectivity index (χ1v) is 8.36. The van der Waals surface area contributed by atoms with Gasteiger partial charge in [-0.25, -0.2) is 9.78 Å². The number of urea groups is 1. The van der Waals surface area contributed by atoms with Gasteiger partial charge in [-0.2, -0.15) is 5.26 Å². The van der Waals surface area contributed by atoms with E-state index in [-0.39, 0.29) is 24.5 Å². The molecule has 0 aliphatic carbocycles. The van der Waals surface area contributed by atoms with Crippen LogP contribution >= 0.6 is 0 Å². The van der Waals surface area contributed by atoms with E-state index in [2.05, 4.69) is 9.88 Å². The number of hydrogen-bond donors (Lipinski definition) is 0. The highest BCUT2D eigenvalue weighted by atomic mass is 16.5. The first kappa shape index (κ1) is 17.2. The summed E-state index contributed by atoms with van der Waals surface area (Å²) in [5, 5.41) is 8.97. The first-order valence-electron chi connectivity index (χ1n) is 8.36. The number of imide groups is 1. The SMILES string of the molecule is COCCN1C(=O)CN(C2CCN(c3cccc(C#N)n3)CC2)C1=O. The average Bonchev–Trinajstić information content (AvgIpc) is 2.94. The van der Waals surface area contributed by atoms with E-state index >= 15 is 0 Å². The standard InChI is InChI=1S/C17H21N5O3/c1-25-10-9-21-16(23)12-22(17(21)24)14-5-7-20(8-6-14)15-4-2-3-13(11-18)19-15/h2-4,14H,5-10,12H2,1H3. The van der Waals surface area contributed by atoms with E-state index in [4.69, 9.17) is 10.00 Å². The summed E-state index contributed by atoms with van der Waals surface area (Å²) in [5.41, 5.74) is 0.397. The van der Waals surface area contributed by atoms with Crippen molar-refractivity contribution < 1.29 is 14.3 Å². The molecule has 3 rings (SSSR count). The number of nitrogens with zero attached hydrogens (tertiary/aromatic N) is 5. The Morgan fingerprint density at radius 2 is 2.08 bits per heavy atom. The summed E-state index contributed by atoms with van der Waals surface area (Å²) in [6, 6.07) is 7.28. The van der Waals surface area contributed by atoms with Gasteiger partial charge >= 0.3 is 6.03 Å². The number of ether oxygens (including phenoxy) is 1. The second-order valence-electron chi connectivity index (χ2n) is 6.16. The highest BCUT2D eigenvalue weighted by molar-refractivity contribution is 6.02. The minimum Gasteiger partial charge on any atom is -0.383 e. The van der Waals surface area contributed by atoms with Gasteiger partial charge in [-0.1, -0.05) is 6.07 Å². The lowest BCUT2D eigenvalue weighted by Crippen LogP contribution is -2.47. The lowest BCUT2D eigenvalue weighted by molar-refractivity contribution is -0.125. The van der Waals surface area contributed by atoms with Crippen molar-refractivity contribution in [3.63, 3.8) is 0 Å². The number of carbonyl (C=O) groups excluding carboxylic acids is 2. The molecule has 132 valence electrons. The number of methoxy groups -OCH3 is 1.